The van der Waals surface area contributed by atoms with E-state index in [0.29, 0.717) is 55.1 Å². The van der Waals surface area contributed by atoms with Crippen molar-refractivity contribution in [3.05, 3.63) is 75.6 Å². The van der Waals surface area contributed by atoms with E-state index in [-0.39, 0.29) is 36.3 Å². The Kier molecular flexibility index (Phi) is 9.63. The molecule has 6 rings (SSSR count). The van der Waals surface area contributed by atoms with Crippen molar-refractivity contribution in [2.24, 2.45) is 5.92 Å². The summed E-state index contributed by atoms with van der Waals surface area (Å²) >= 11 is 0. The molecule has 1 saturated carbocycles. The highest BCUT2D eigenvalue weighted by atomic mass is 16.2. The highest BCUT2D eigenvalue weighted by molar-refractivity contribution is 5.95. The smallest absolute Gasteiger partial charge is 0.251 e. The van der Waals surface area contributed by atoms with Gasteiger partial charge in [-0.05, 0) is 108 Å². The molecule has 3 aromatic rings. The van der Waals surface area contributed by atoms with Gasteiger partial charge in [-0.1, -0.05) is 31.4 Å². The fraction of sp³-hybridized carbons (Fsp3) is 0.514. The molecule has 0 bridgehead atoms. The number of nitrogens with one attached hydrogen (secondary N) is 4. The molecule has 3 amide bonds. The van der Waals surface area contributed by atoms with Gasteiger partial charge < -0.3 is 20.9 Å². The van der Waals surface area contributed by atoms with Crippen LogP contribution >= 0.6 is 0 Å². The normalized spacial score (nSPS) is 19.5. The fourth-order valence-corrected chi connectivity index (χ4v) is 8.12. The number of tetrazole rings is 1. The predicted octanol–water partition coefficient (Wildman–Crippen LogP) is 2.80. The maximum Gasteiger partial charge on any atom is 0.251 e. The largest absolute Gasteiger partial charge is 0.355 e. The van der Waals surface area contributed by atoms with Crippen molar-refractivity contribution in [3.63, 3.8) is 0 Å². The number of nitriles is 1. The number of carbonyl (C=O) groups excluding carboxylic acids is 3. The molecular formula is C35H43N9O3. The molecule has 1 saturated heterocycles. The molecule has 4 N–H and O–H groups in total. The number of fused-ring (bicyclic) bond motifs is 2. The quantitative estimate of drug-likeness (QED) is 0.278. The van der Waals surface area contributed by atoms with Crippen molar-refractivity contribution in [1.82, 2.24) is 41.5 Å². The minimum absolute atomic E-state index is 0.0580. The van der Waals surface area contributed by atoms with Gasteiger partial charge in [0.2, 0.25) is 5.91 Å². The Hall–Kier alpha value is -4.63. The summed E-state index contributed by atoms with van der Waals surface area (Å²) in [5.74, 6) is 0.486. The van der Waals surface area contributed by atoms with Gasteiger partial charge >= 0.3 is 0 Å². The van der Waals surface area contributed by atoms with Gasteiger partial charge in [-0.15, -0.1) is 5.10 Å². The van der Waals surface area contributed by atoms with Gasteiger partial charge in [0.25, 0.3) is 11.8 Å². The van der Waals surface area contributed by atoms with Gasteiger partial charge in [-0.2, -0.15) is 5.26 Å². The molecule has 0 radical (unpaired) electrons. The van der Waals surface area contributed by atoms with E-state index in [1.165, 1.54) is 6.42 Å². The van der Waals surface area contributed by atoms with Gasteiger partial charge in [0.1, 0.15) is 6.04 Å². The lowest BCUT2D eigenvalue weighted by Gasteiger charge is -2.41. The van der Waals surface area contributed by atoms with Crippen molar-refractivity contribution in [2.45, 2.75) is 81.7 Å². The highest BCUT2D eigenvalue weighted by Gasteiger charge is 2.47. The molecular weight excluding hydrogens is 594 g/mol. The molecule has 2 atom stereocenters. The molecule has 3 aliphatic rings. The Balaban J connectivity index is 1.49. The number of amides is 3. The molecule has 1 aliphatic heterocycles. The summed E-state index contributed by atoms with van der Waals surface area (Å²) in [6.07, 6.45) is 8.88. The third-order valence-electron chi connectivity index (χ3n) is 10.5. The maximum atomic E-state index is 13.5. The second-order valence-electron chi connectivity index (χ2n) is 13.0. The van der Waals surface area contributed by atoms with Crippen LogP contribution in [0.25, 0.3) is 0 Å². The van der Waals surface area contributed by atoms with Crippen LogP contribution < -0.4 is 16.0 Å². The number of benzene rings is 2. The number of carbonyl (C=O) groups is 3. The van der Waals surface area contributed by atoms with Crippen LogP contribution in [0.1, 0.15) is 100 Å². The van der Waals surface area contributed by atoms with E-state index in [1.807, 2.05) is 36.4 Å². The van der Waals surface area contributed by atoms with Crippen LogP contribution in [0, 0.1) is 17.2 Å². The maximum absolute atomic E-state index is 13.5. The topological polar surface area (TPSA) is 169 Å². The van der Waals surface area contributed by atoms with Crippen molar-refractivity contribution >= 4 is 17.7 Å². The summed E-state index contributed by atoms with van der Waals surface area (Å²) in [7, 11) is 3.24. The van der Waals surface area contributed by atoms with E-state index in [0.717, 1.165) is 54.4 Å². The van der Waals surface area contributed by atoms with Gasteiger partial charge in [-0.3, -0.25) is 14.4 Å². The first-order valence-corrected chi connectivity index (χ1v) is 16.8. The summed E-state index contributed by atoms with van der Waals surface area (Å²) in [5.41, 5.74) is 4.26. The summed E-state index contributed by atoms with van der Waals surface area (Å²) < 4.78 is 0. The summed E-state index contributed by atoms with van der Waals surface area (Å²) in [5, 5.41) is 34.6. The van der Waals surface area contributed by atoms with E-state index in [4.69, 9.17) is 0 Å². The van der Waals surface area contributed by atoms with Crippen LogP contribution in [-0.4, -0.2) is 82.5 Å². The average molecular weight is 638 g/mol. The van der Waals surface area contributed by atoms with Crippen LogP contribution in [-0.2, 0) is 23.1 Å². The van der Waals surface area contributed by atoms with Gasteiger partial charge in [0.15, 0.2) is 5.82 Å². The zero-order chi connectivity index (χ0) is 33.0. The lowest BCUT2D eigenvalue weighted by molar-refractivity contribution is -0.130. The number of hydrogen-bond acceptors (Lipinski definition) is 8. The number of nitrogens with zero attached hydrogens (tertiary/aromatic N) is 5. The predicted molar refractivity (Wildman–Crippen MR) is 174 cm³/mol. The summed E-state index contributed by atoms with van der Waals surface area (Å²) in [6, 6.07) is 13.5. The first-order valence-electron chi connectivity index (χ1n) is 16.8. The first-order chi connectivity index (χ1) is 22.9. The van der Waals surface area contributed by atoms with Crippen LogP contribution in [0.2, 0.25) is 0 Å². The van der Waals surface area contributed by atoms with Gasteiger partial charge in [0, 0.05) is 37.8 Å². The fourth-order valence-electron chi connectivity index (χ4n) is 8.12. The molecule has 2 aliphatic carbocycles. The molecule has 1 unspecified atom stereocenters. The second kappa shape index (κ2) is 14.0. The zero-order valence-electron chi connectivity index (χ0n) is 27.1. The zero-order valence-corrected chi connectivity index (χ0v) is 27.1. The minimum Gasteiger partial charge on any atom is -0.355 e. The Morgan fingerprint density at radius 1 is 0.957 bits per heavy atom. The lowest BCUT2D eigenvalue weighted by atomic mass is 9.65. The van der Waals surface area contributed by atoms with E-state index in [9.17, 15) is 19.6 Å². The van der Waals surface area contributed by atoms with Crippen molar-refractivity contribution in [3.8, 4) is 6.07 Å². The Morgan fingerprint density at radius 2 is 1.60 bits per heavy atom. The molecule has 12 nitrogen and oxygen atoms in total. The van der Waals surface area contributed by atoms with Crippen molar-refractivity contribution in [1.29, 1.82) is 5.26 Å². The van der Waals surface area contributed by atoms with Crippen LogP contribution in [0.3, 0.4) is 0 Å². The molecule has 12 heteroatoms. The molecule has 2 fully saturated rings. The van der Waals surface area contributed by atoms with E-state index >= 15 is 0 Å². The van der Waals surface area contributed by atoms with E-state index < -0.39 is 5.41 Å². The summed E-state index contributed by atoms with van der Waals surface area (Å²) in [6.45, 7) is 0.734. The average Bonchev–Trinajstić information content (AvgIpc) is 3.82. The second-order valence-corrected chi connectivity index (χ2v) is 13.0. The Morgan fingerprint density at radius 3 is 2.15 bits per heavy atom. The number of likely N-dealkylation sites (tertiary alicyclic amines) is 1. The molecule has 2 aromatic carbocycles. The molecule has 2 heterocycles. The monoisotopic (exact) mass is 637 g/mol. The Bertz CT molecular complexity index is 1590. The molecule has 47 heavy (non-hydrogen) atoms. The highest BCUT2D eigenvalue weighted by Crippen LogP contribution is 2.48. The van der Waals surface area contributed by atoms with Gasteiger partial charge in [0.05, 0.1) is 18.0 Å². The number of H-pyrrole nitrogens is 1. The first kappa shape index (κ1) is 32.3. The summed E-state index contributed by atoms with van der Waals surface area (Å²) in [4.78, 5) is 40.8. The van der Waals surface area contributed by atoms with Crippen molar-refractivity contribution < 1.29 is 14.4 Å². The lowest BCUT2D eigenvalue weighted by Crippen LogP contribution is -2.49. The molecule has 1 aromatic heterocycles. The number of rotatable bonds is 9. The number of aromatic amines is 1. The van der Waals surface area contributed by atoms with Crippen LogP contribution in [0.4, 0.5) is 0 Å². The van der Waals surface area contributed by atoms with Crippen LogP contribution in [0.15, 0.2) is 36.4 Å². The van der Waals surface area contributed by atoms with Crippen molar-refractivity contribution in [2.75, 3.05) is 27.2 Å². The third-order valence-corrected chi connectivity index (χ3v) is 10.5. The molecule has 0 spiro atoms. The third kappa shape index (κ3) is 6.24. The molecule has 246 valence electrons. The Labute approximate surface area is 275 Å². The van der Waals surface area contributed by atoms with E-state index in [2.05, 4.69) is 42.6 Å². The number of aromatic nitrogens is 4. The standard InChI is InChI=1S/C35H43N9O3/c1-37-32(46)25-12-14-28-23(17-25)10-11-24-18-26(33(47)38-2)13-15-29(24)35(28,34-40-42-43-41-34)19-30(22-7-4-3-5-8-22)39-21-31(45)44-16-6-9-27(44)20-36/h12-15,17-18,22,27,30,39H,3-11,16,19,21H2,1-2H3,(H,37,46)(H,38,47)(H,40,41,42,43)/t27?,30-/m1/s1. The number of aryl methyl sites for hydroxylation is 2. The van der Waals surface area contributed by atoms with Gasteiger partial charge in [-0.25, -0.2) is 5.10 Å². The number of hydrogen-bond donors (Lipinski definition) is 4. The minimum atomic E-state index is -0.881. The SMILES string of the molecule is CNC(=O)c1ccc2c(c1)CCc1cc(C(=O)NC)ccc1C2(C[C@@H](NCC(=O)N1CCCC1C#N)C1CCCCC1)c1nnn[nH]1. The van der Waals surface area contributed by atoms with E-state index in [1.54, 1.807) is 19.0 Å². The van der Waals surface area contributed by atoms with Crippen LogP contribution in [0.5, 0.6) is 0 Å².